The lowest BCUT2D eigenvalue weighted by atomic mass is 10.1. The van der Waals surface area contributed by atoms with E-state index in [0.29, 0.717) is 28.4 Å². The Labute approximate surface area is 156 Å². The number of aromatic nitrogens is 4. The van der Waals surface area contributed by atoms with E-state index in [4.69, 9.17) is 9.47 Å². The summed E-state index contributed by atoms with van der Waals surface area (Å²) >= 11 is 0. The zero-order valence-corrected chi connectivity index (χ0v) is 15.5. The van der Waals surface area contributed by atoms with Crippen LogP contribution in [0, 0.1) is 0 Å². The van der Waals surface area contributed by atoms with E-state index in [-0.39, 0.29) is 5.88 Å². The molecule has 0 fully saturated rings. The molecule has 0 aromatic carbocycles. The quantitative estimate of drug-likeness (QED) is 0.707. The summed E-state index contributed by atoms with van der Waals surface area (Å²) in [7, 11) is 1.53. The molecular formula is C19H20N4O4. The van der Waals surface area contributed by atoms with Gasteiger partial charge in [-0.05, 0) is 39.0 Å². The first-order chi connectivity index (χ1) is 12.8. The topological polar surface area (TPSA) is 99.4 Å². The first-order valence-electron chi connectivity index (χ1n) is 8.25. The molecule has 0 atom stereocenters. The minimum Gasteiger partial charge on any atom is -0.493 e. The number of carbonyl (C=O) groups excluding carboxylic acids is 1. The Morgan fingerprint density at radius 1 is 1.07 bits per heavy atom. The molecule has 8 nitrogen and oxygen atoms in total. The predicted molar refractivity (Wildman–Crippen MR) is 98.0 cm³/mol. The van der Waals surface area contributed by atoms with E-state index in [2.05, 4.69) is 15.1 Å². The lowest BCUT2D eigenvalue weighted by molar-refractivity contribution is 0.00691. The van der Waals surface area contributed by atoms with Gasteiger partial charge in [-0.15, -0.1) is 0 Å². The Morgan fingerprint density at radius 2 is 1.85 bits per heavy atom. The third-order valence-corrected chi connectivity index (χ3v) is 3.60. The van der Waals surface area contributed by atoms with Gasteiger partial charge >= 0.3 is 5.97 Å². The fraction of sp³-hybridized carbons (Fsp3) is 0.263. The molecular weight excluding hydrogens is 348 g/mol. The van der Waals surface area contributed by atoms with Crippen LogP contribution in [0.3, 0.4) is 0 Å². The Morgan fingerprint density at radius 3 is 2.41 bits per heavy atom. The van der Waals surface area contributed by atoms with Crippen molar-refractivity contribution in [3.63, 3.8) is 0 Å². The van der Waals surface area contributed by atoms with Crippen LogP contribution in [0.4, 0.5) is 0 Å². The molecule has 8 heteroatoms. The molecule has 0 unspecified atom stereocenters. The summed E-state index contributed by atoms with van der Waals surface area (Å²) in [5.74, 6) is 0.299. The SMILES string of the molecule is COc1ccc(-c2cnn(-c3ccc(C(=O)OC(C)(C)C)cn3)c2O)cn1. The molecule has 140 valence electrons. The average molecular weight is 368 g/mol. The van der Waals surface area contributed by atoms with Gasteiger partial charge in [0.25, 0.3) is 0 Å². The van der Waals surface area contributed by atoms with Gasteiger partial charge in [-0.1, -0.05) is 0 Å². The van der Waals surface area contributed by atoms with Crippen molar-refractivity contribution in [2.24, 2.45) is 0 Å². The second kappa shape index (κ2) is 7.06. The molecule has 0 radical (unpaired) electrons. The average Bonchev–Trinajstić information content (AvgIpc) is 3.02. The third kappa shape index (κ3) is 4.05. The van der Waals surface area contributed by atoms with Crippen molar-refractivity contribution in [2.75, 3.05) is 7.11 Å². The van der Waals surface area contributed by atoms with Gasteiger partial charge in [0, 0.05) is 24.0 Å². The van der Waals surface area contributed by atoms with Crippen LogP contribution >= 0.6 is 0 Å². The number of hydrogen-bond donors (Lipinski definition) is 1. The van der Waals surface area contributed by atoms with Gasteiger partial charge in [0.2, 0.25) is 11.8 Å². The van der Waals surface area contributed by atoms with Crippen molar-refractivity contribution in [3.8, 4) is 28.7 Å². The molecule has 0 spiro atoms. The Kier molecular flexibility index (Phi) is 4.81. The fourth-order valence-corrected chi connectivity index (χ4v) is 2.34. The maximum Gasteiger partial charge on any atom is 0.340 e. The summed E-state index contributed by atoms with van der Waals surface area (Å²) in [6.07, 6.45) is 4.49. The molecule has 1 N–H and O–H groups in total. The van der Waals surface area contributed by atoms with Gasteiger partial charge in [0.05, 0.1) is 24.4 Å². The fourth-order valence-electron chi connectivity index (χ4n) is 2.34. The number of rotatable bonds is 4. The zero-order chi connectivity index (χ0) is 19.6. The van der Waals surface area contributed by atoms with Crippen LogP contribution in [0.5, 0.6) is 11.8 Å². The van der Waals surface area contributed by atoms with E-state index >= 15 is 0 Å². The van der Waals surface area contributed by atoms with Crippen molar-refractivity contribution in [1.29, 1.82) is 0 Å². The molecule has 0 saturated carbocycles. The van der Waals surface area contributed by atoms with Crippen molar-refractivity contribution in [1.82, 2.24) is 19.7 Å². The van der Waals surface area contributed by atoms with Crippen molar-refractivity contribution < 1.29 is 19.4 Å². The number of methoxy groups -OCH3 is 1. The molecule has 27 heavy (non-hydrogen) atoms. The monoisotopic (exact) mass is 368 g/mol. The van der Waals surface area contributed by atoms with E-state index in [0.717, 1.165) is 0 Å². The first kappa shape index (κ1) is 18.4. The number of nitrogens with zero attached hydrogens (tertiary/aromatic N) is 4. The molecule has 3 rings (SSSR count). The lowest BCUT2D eigenvalue weighted by Gasteiger charge is -2.19. The van der Waals surface area contributed by atoms with E-state index in [1.165, 1.54) is 24.2 Å². The summed E-state index contributed by atoms with van der Waals surface area (Å²) < 4.78 is 11.6. The summed E-state index contributed by atoms with van der Waals surface area (Å²) in [6, 6.07) is 6.63. The maximum absolute atomic E-state index is 12.1. The summed E-state index contributed by atoms with van der Waals surface area (Å²) in [5.41, 5.74) is 0.921. The molecule has 3 aromatic rings. The third-order valence-electron chi connectivity index (χ3n) is 3.60. The van der Waals surface area contributed by atoms with E-state index in [1.807, 2.05) is 0 Å². The van der Waals surface area contributed by atoms with Crippen molar-refractivity contribution in [3.05, 3.63) is 48.4 Å². The number of carbonyl (C=O) groups is 1. The highest BCUT2D eigenvalue weighted by Gasteiger charge is 2.19. The van der Waals surface area contributed by atoms with Crippen LogP contribution in [-0.4, -0.2) is 43.5 Å². The second-order valence-corrected chi connectivity index (χ2v) is 6.79. The molecule has 0 aliphatic carbocycles. The molecule has 0 aliphatic rings. The highest BCUT2D eigenvalue weighted by atomic mass is 16.6. The van der Waals surface area contributed by atoms with E-state index < -0.39 is 11.6 Å². The number of ether oxygens (including phenoxy) is 2. The van der Waals surface area contributed by atoms with Crippen LogP contribution in [-0.2, 0) is 4.74 Å². The van der Waals surface area contributed by atoms with Gasteiger partial charge in [0.1, 0.15) is 5.60 Å². The first-order valence-corrected chi connectivity index (χ1v) is 8.25. The van der Waals surface area contributed by atoms with Gasteiger partial charge < -0.3 is 14.6 Å². The highest BCUT2D eigenvalue weighted by molar-refractivity contribution is 5.89. The molecule has 0 bridgehead atoms. The number of esters is 1. The zero-order valence-electron chi connectivity index (χ0n) is 15.5. The largest absolute Gasteiger partial charge is 0.493 e. The molecule has 3 heterocycles. The van der Waals surface area contributed by atoms with E-state index in [9.17, 15) is 9.90 Å². The predicted octanol–water partition coefficient (Wildman–Crippen LogP) is 3.00. The Hall–Kier alpha value is -3.42. The minimum atomic E-state index is -0.586. The van der Waals surface area contributed by atoms with Gasteiger partial charge in [-0.25, -0.2) is 14.8 Å². The summed E-state index contributed by atoms with van der Waals surface area (Å²) in [6.45, 7) is 5.39. The highest BCUT2D eigenvalue weighted by Crippen LogP contribution is 2.30. The van der Waals surface area contributed by atoms with Gasteiger partial charge in [-0.3, -0.25) is 0 Å². The van der Waals surface area contributed by atoms with Crippen LogP contribution in [0.15, 0.2) is 42.9 Å². The maximum atomic E-state index is 12.1. The molecule has 0 saturated heterocycles. The smallest absolute Gasteiger partial charge is 0.340 e. The van der Waals surface area contributed by atoms with Crippen LogP contribution in [0.1, 0.15) is 31.1 Å². The van der Waals surface area contributed by atoms with Gasteiger partial charge in [-0.2, -0.15) is 9.78 Å². The van der Waals surface area contributed by atoms with Crippen LogP contribution < -0.4 is 4.74 Å². The number of aromatic hydroxyl groups is 1. The van der Waals surface area contributed by atoms with Gasteiger partial charge in [0.15, 0.2) is 5.82 Å². The lowest BCUT2D eigenvalue weighted by Crippen LogP contribution is -2.24. The Bertz CT molecular complexity index is 941. The van der Waals surface area contributed by atoms with Crippen molar-refractivity contribution >= 4 is 5.97 Å². The van der Waals surface area contributed by atoms with Crippen LogP contribution in [0.2, 0.25) is 0 Å². The Balaban J connectivity index is 1.85. The second-order valence-electron chi connectivity index (χ2n) is 6.79. The molecule has 3 aromatic heterocycles. The number of pyridine rings is 2. The van der Waals surface area contributed by atoms with E-state index in [1.54, 1.807) is 51.2 Å². The van der Waals surface area contributed by atoms with Crippen molar-refractivity contribution in [2.45, 2.75) is 26.4 Å². The summed E-state index contributed by atoms with van der Waals surface area (Å²) in [5, 5.41) is 14.7. The molecule has 0 aliphatic heterocycles. The minimum absolute atomic E-state index is 0.0838. The normalized spacial score (nSPS) is 11.3. The molecule has 0 amide bonds. The number of hydrogen-bond acceptors (Lipinski definition) is 7. The standard InChI is InChI=1S/C19H20N4O4/c1-19(2,3)27-18(25)13-5-7-15(20-10-13)23-17(24)14(11-22-23)12-6-8-16(26-4)21-9-12/h5-11,24H,1-4H3. The summed E-state index contributed by atoms with van der Waals surface area (Å²) in [4.78, 5) is 20.4. The van der Waals surface area contributed by atoms with Crippen LogP contribution in [0.25, 0.3) is 16.9 Å².